The molecule has 0 aromatic heterocycles. The van der Waals surface area contributed by atoms with Crippen molar-refractivity contribution in [3.05, 3.63) is 35.9 Å². The standard InChI is InChI=1S/C10H13NO2/c1-10(11-2,9(12)13)8-6-4-3-5-7-8/h3-7,11H,1-2H3,(H,12,13)/t10-/m0/s1. The molecule has 0 amide bonds. The van der Waals surface area contributed by atoms with Crippen LogP contribution in [0.25, 0.3) is 0 Å². The Balaban J connectivity index is 3.11. The number of benzene rings is 1. The molecule has 1 aromatic carbocycles. The maximum atomic E-state index is 11.0. The largest absolute Gasteiger partial charge is 0.480 e. The minimum absolute atomic E-state index is 0.755. The maximum absolute atomic E-state index is 11.0. The van der Waals surface area contributed by atoms with Crippen molar-refractivity contribution < 1.29 is 9.90 Å². The van der Waals surface area contributed by atoms with Gasteiger partial charge in [-0.2, -0.15) is 0 Å². The Morgan fingerprint density at radius 1 is 1.38 bits per heavy atom. The van der Waals surface area contributed by atoms with Crippen LogP contribution in [0.5, 0.6) is 0 Å². The van der Waals surface area contributed by atoms with Gasteiger partial charge < -0.3 is 10.4 Å². The van der Waals surface area contributed by atoms with Crippen LogP contribution in [0.1, 0.15) is 12.5 Å². The van der Waals surface area contributed by atoms with Gasteiger partial charge in [-0.1, -0.05) is 30.3 Å². The number of likely N-dealkylation sites (N-methyl/N-ethyl adjacent to an activating group) is 1. The molecule has 0 spiro atoms. The molecule has 0 fully saturated rings. The highest BCUT2D eigenvalue weighted by molar-refractivity contribution is 5.80. The van der Waals surface area contributed by atoms with Gasteiger partial charge in [0.1, 0.15) is 5.54 Å². The summed E-state index contributed by atoms with van der Waals surface area (Å²) in [5.41, 5.74) is -0.244. The molecule has 0 saturated heterocycles. The molecular weight excluding hydrogens is 166 g/mol. The molecule has 70 valence electrons. The number of hydrogen-bond acceptors (Lipinski definition) is 2. The van der Waals surface area contributed by atoms with Crippen LogP contribution < -0.4 is 5.32 Å². The van der Waals surface area contributed by atoms with Crippen LogP contribution in [-0.4, -0.2) is 18.1 Å². The highest BCUT2D eigenvalue weighted by Gasteiger charge is 2.32. The fourth-order valence-corrected chi connectivity index (χ4v) is 1.15. The predicted octanol–water partition coefficient (Wildman–Crippen LogP) is 1.21. The Morgan fingerprint density at radius 2 is 1.92 bits per heavy atom. The molecule has 0 heterocycles. The summed E-state index contributed by atoms with van der Waals surface area (Å²) in [7, 11) is 1.64. The van der Waals surface area contributed by atoms with E-state index in [1.807, 2.05) is 18.2 Å². The number of hydrogen-bond donors (Lipinski definition) is 2. The van der Waals surface area contributed by atoms with Gasteiger partial charge in [0.15, 0.2) is 0 Å². The summed E-state index contributed by atoms with van der Waals surface area (Å²) in [4.78, 5) is 11.0. The molecular formula is C10H13NO2. The summed E-state index contributed by atoms with van der Waals surface area (Å²) in [6.45, 7) is 1.64. The first-order valence-corrected chi connectivity index (χ1v) is 4.09. The van der Waals surface area contributed by atoms with Crippen molar-refractivity contribution in [2.75, 3.05) is 7.05 Å². The van der Waals surface area contributed by atoms with E-state index in [4.69, 9.17) is 5.11 Å². The number of nitrogens with one attached hydrogen (secondary N) is 1. The van der Waals surface area contributed by atoms with E-state index in [0.29, 0.717) is 0 Å². The Kier molecular flexibility index (Phi) is 2.68. The van der Waals surface area contributed by atoms with E-state index in [1.165, 1.54) is 0 Å². The summed E-state index contributed by atoms with van der Waals surface area (Å²) in [5.74, 6) is -0.874. The smallest absolute Gasteiger partial charge is 0.328 e. The minimum Gasteiger partial charge on any atom is -0.480 e. The van der Waals surface area contributed by atoms with Gasteiger partial charge in [-0.3, -0.25) is 0 Å². The second-order valence-electron chi connectivity index (χ2n) is 3.05. The first kappa shape index (κ1) is 9.74. The van der Waals surface area contributed by atoms with Gasteiger partial charge in [0.2, 0.25) is 0 Å². The summed E-state index contributed by atoms with van der Waals surface area (Å²) in [6.07, 6.45) is 0. The van der Waals surface area contributed by atoms with Gasteiger partial charge in [0, 0.05) is 0 Å². The van der Waals surface area contributed by atoms with Gasteiger partial charge in [-0.25, -0.2) is 4.79 Å². The van der Waals surface area contributed by atoms with Crippen molar-refractivity contribution >= 4 is 5.97 Å². The lowest BCUT2D eigenvalue weighted by Gasteiger charge is -2.24. The van der Waals surface area contributed by atoms with Crippen LogP contribution in [0.15, 0.2) is 30.3 Å². The van der Waals surface area contributed by atoms with E-state index >= 15 is 0 Å². The molecule has 3 heteroatoms. The van der Waals surface area contributed by atoms with Crippen molar-refractivity contribution in [3.63, 3.8) is 0 Å². The fourth-order valence-electron chi connectivity index (χ4n) is 1.15. The molecule has 13 heavy (non-hydrogen) atoms. The number of aliphatic carboxylic acids is 1. The van der Waals surface area contributed by atoms with Gasteiger partial charge >= 0.3 is 5.97 Å². The van der Waals surface area contributed by atoms with Gasteiger partial charge in [-0.05, 0) is 19.5 Å². The molecule has 2 N–H and O–H groups in total. The normalized spacial score (nSPS) is 14.9. The highest BCUT2D eigenvalue weighted by atomic mass is 16.4. The van der Waals surface area contributed by atoms with Crippen LogP contribution in [0.4, 0.5) is 0 Å². The van der Waals surface area contributed by atoms with Crippen LogP contribution in [0.3, 0.4) is 0 Å². The van der Waals surface area contributed by atoms with E-state index in [-0.39, 0.29) is 0 Å². The first-order valence-electron chi connectivity index (χ1n) is 4.09. The zero-order valence-electron chi connectivity index (χ0n) is 7.74. The molecule has 1 aromatic rings. The summed E-state index contributed by atoms with van der Waals surface area (Å²) < 4.78 is 0. The molecule has 1 atom stereocenters. The molecule has 1 rings (SSSR count). The topological polar surface area (TPSA) is 49.3 Å². The summed E-state index contributed by atoms with van der Waals surface area (Å²) in [6, 6.07) is 9.11. The molecule has 0 aliphatic carbocycles. The van der Waals surface area contributed by atoms with Crippen molar-refractivity contribution in [2.45, 2.75) is 12.5 Å². The Labute approximate surface area is 77.4 Å². The number of carbonyl (C=O) groups is 1. The molecule has 3 nitrogen and oxygen atoms in total. The average Bonchev–Trinajstić information content (AvgIpc) is 2.17. The second kappa shape index (κ2) is 3.58. The highest BCUT2D eigenvalue weighted by Crippen LogP contribution is 2.19. The summed E-state index contributed by atoms with van der Waals surface area (Å²) in [5, 5.41) is 11.8. The van der Waals surface area contributed by atoms with Crippen LogP contribution in [0, 0.1) is 0 Å². The lowest BCUT2D eigenvalue weighted by molar-refractivity contribution is -0.144. The van der Waals surface area contributed by atoms with E-state index in [2.05, 4.69) is 5.32 Å². The Hall–Kier alpha value is -1.35. The third kappa shape index (κ3) is 1.70. The van der Waals surface area contributed by atoms with E-state index in [9.17, 15) is 4.79 Å². The molecule has 0 radical (unpaired) electrons. The summed E-state index contributed by atoms with van der Waals surface area (Å²) >= 11 is 0. The fraction of sp³-hybridized carbons (Fsp3) is 0.300. The van der Waals surface area contributed by atoms with E-state index in [0.717, 1.165) is 5.56 Å². The average molecular weight is 179 g/mol. The first-order chi connectivity index (χ1) is 6.11. The molecule has 0 bridgehead atoms. The van der Waals surface area contributed by atoms with E-state index in [1.54, 1.807) is 26.1 Å². The third-order valence-electron chi connectivity index (χ3n) is 2.28. The Morgan fingerprint density at radius 3 is 2.31 bits per heavy atom. The maximum Gasteiger partial charge on any atom is 0.328 e. The van der Waals surface area contributed by atoms with Crippen molar-refractivity contribution in [2.24, 2.45) is 0 Å². The quantitative estimate of drug-likeness (QED) is 0.733. The molecule has 0 unspecified atom stereocenters. The third-order valence-corrected chi connectivity index (χ3v) is 2.28. The van der Waals surface area contributed by atoms with Gasteiger partial charge in [0.05, 0.1) is 0 Å². The zero-order chi connectivity index (χ0) is 9.90. The molecule has 0 aliphatic heterocycles. The van der Waals surface area contributed by atoms with Crippen molar-refractivity contribution in [3.8, 4) is 0 Å². The van der Waals surface area contributed by atoms with Crippen molar-refractivity contribution in [1.29, 1.82) is 0 Å². The SMILES string of the molecule is CN[C@](C)(C(=O)O)c1ccccc1. The zero-order valence-corrected chi connectivity index (χ0v) is 7.74. The molecule has 0 aliphatic rings. The van der Waals surface area contributed by atoms with Crippen LogP contribution in [0.2, 0.25) is 0 Å². The second-order valence-corrected chi connectivity index (χ2v) is 3.05. The van der Waals surface area contributed by atoms with Crippen LogP contribution >= 0.6 is 0 Å². The Bertz CT molecular complexity index is 297. The van der Waals surface area contributed by atoms with Gasteiger partial charge in [0.25, 0.3) is 0 Å². The number of rotatable bonds is 3. The monoisotopic (exact) mass is 179 g/mol. The van der Waals surface area contributed by atoms with Crippen molar-refractivity contribution in [1.82, 2.24) is 5.32 Å². The lowest BCUT2D eigenvalue weighted by Crippen LogP contribution is -2.44. The molecule has 0 saturated carbocycles. The number of carboxylic acids is 1. The lowest BCUT2D eigenvalue weighted by atomic mass is 9.92. The predicted molar refractivity (Wildman–Crippen MR) is 50.5 cm³/mol. The van der Waals surface area contributed by atoms with Gasteiger partial charge in [-0.15, -0.1) is 0 Å². The van der Waals surface area contributed by atoms with Crippen LogP contribution in [-0.2, 0) is 10.3 Å². The number of carboxylic acid groups (broad SMARTS) is 1. The minimum atomic E-state index is -0.999. The van der Waals surface area contributed by atoms with E-state index < -0.39 is 11.5 Å².